The Kier molecular flexibility index (Phi) is 4.28. The Balaban J connectivity index is 0.00000161. The number of fused-ring (bicyclic) bond motifs is 1. The molecule has 4 nitrogen and oxygen atoms in total. The summed E-state index contributed by atoms with van der Waals surface area (Å²) in [5.41, 5.74) is 6.24. The van der Waals surface area contributed by atoms with Gasteiger partial charge in [-0.1, -0.05) is 0 Å². The van der Waals surface area contributed by atoms with Crippen LogP contribution in [0, 0.1) is 13.8 Å². The van der Waals surface area contributed by atoms with Crippen LogP contribution in [-0.4, -0.2) is 19.7 Å². The van der Waals surface area contributed by atoms with E-state index in [4.69, 9.17) is 4.98 Å². The van der Waals surface area contributed by atoms with Gasteiger partial charge in [0.05, 0.1) is 22.9 Å². The summed E-state index contributed by atoms with van der Waals surface area (Å²) < 4.78 is 2.03. The van der Waals surface area contributed by atoms with Gasteiger partial charge in [-0.2, -0.15) is 5.10 Å². The zero-order chi connectivity index (χ0) is 14.3. The smallest absolute Gasteiger partial charge is 0.0916 e. The fraction of sp³-hybridized carbons (Fsp3) is 0.312. The van der Waals surface area contributed by atoms with Crippen LogP contribution in [-0.2, 0) is 0 Å². The first-order valence-corrected chi connectivity index (χ1v) is 6.85. The number of hydrogen-bond acceptors (Lipinski definition) is 3. The zero-order valence-electron chi connectivity index (χ0n) is 12.7. The summed E-state index contributed by atoms with van der Waals surface area (Å²) in [5.74, 6) is 0. The lowest BCUT2D eigenvalue weighted by Gasteiger charge is -2.09. The maximum absolute atomic E-state index is 4.72. The third-order valence-electron chi connectivity index (χ3n) is 3.56. The zero-order valence-corrected chi connectivity index (χ0v) is 13.5. The molecule has 0 saturated heterocycles. The highest BCUT2D eigenvalue weighted by Gasteiger charge is 2.13. The molecule has 21 heavy (non-hydrogen) atoms. The van der Waals surface area contributed by atoms with Gasteiger partial charge in [-0.15, -0.1) is 12.4 Å². The average molecular weight is 303 g/mol. The predicted molar refractivity (Wildman–Crippen MR) is 87.9 cm³/mol. The predicted octanol–water partition coefficient (Wildman–Crippen LogP) is 4.11. The van der Waals surface area contributed by atoms with E-state index in [0.29, 0.717) is 6.04 Å². The summed E-state index contributed by atoms with van der Waals surface area (Å²) >= 11 is 0. The lowest BCUT2D eigenvalue weighted by Crippen LogP contribution is -2.04. The molecular weight excluding hydrogens is 284 g/mol. The summed E-state index contributed by atoms with van der Waals surface area (Å²) in [6.07, 6.45) is 3.71. The lowest BCUT2D eigenvalue weighted by molar-refractivity contribution is 0.519. The van der Waals surface area contributed by atoms with Crippen LogP contribution in [0.4, 0.5) is 0 Å². The van der Waals surface area contributed by atoms with E-state index in [2.05, 4.69) is 43.8 Å². The minimum Gasteiger partial charge on any atom is -0.267 e. The van der Waals surface area contributed by atoms with Crippen LogP contribution in [0.25, 0.3) is 22.3 Å². The monoisotopic (exact) mass is 302 g/mol. The number of halogens is 1. The second-order valence-electron chi connectivity index (χ2n) is 5.38. The molecule has 0 aliphatic carbocycles. The van der Waals surface area contributed by atoms with E-state index in [9.17, 15) is 0 Å². The van der Waals surface area contributed by atoms with Crippen molar-refractivity contribution < 1.29 is 0 Å². The van der Waals surface area contributed by atoms with E-state index in [1.165, 1.54) is 0 Å². The molecular formula is C16H19ClN4. The SMILES string of the molecule is Cc1cc(-c2cnn(C(C)C)c2C)nc2cccnc12.Cl. The lowest BCUT2D eigenvalue weighted by atomic mass is 10.1. The molecule has 0 saturated carbocycles. The van der Waals surface area contributed by atoms with E-state index in [1.54, 1.807) is 6.20 Å². The Bertz CT molecular complexity index is 777. The van der Waals surface area contributed by atoms with Crippen molar-refractivity contribution in [2.24, 2.45) is 0 Å². The molecule has 0 N–H and O–H groups in total. The van der Waals surface area contributed by atoms with Crippen molar-refractivity contribution in [3.63, 3.8) is 0 Å². The van der Waals surface area contributed by atoms with Crippen LogP contribution in [0.5, 0.6) is 0 Å². The summed E-state index contributed by atoms with van der Waals surface area (Å²) in [6.45, 7) is 8.43. The fourth-order valence-corrected chi connectivity index (χ4v) is 2.56. The molecule has 0 aliphatic rings. The molecule has 110 valence electrons. The molecule has 0 bridgehead atoms. The van der Waals surface area contributed by atoms with Crippen LogP contribution in [0.1, 0.15) is 31.1 Å². The summed E-state index contributed by atoms with van der Waals surface area (Å²) in [5, 5.41) is 4.46. The molecule has 3 rings (SSSR count). The first kappa shape index (κ1) is 15.4. The summed E-state index contributed by atoms with van der Waals surface area (Å²) in [6, 6.07) is 6.36. The maximum Gasteiger partial charge on any atom is 0.0916 e. The molecule has 3 aromatic heterocycles. The molecule has 0 aliphatic heterocycles. The number of nitrogens with zero attached hydrogens (tertiary/aromatic N) is 4. The number of rotatable bonds is 2. The Morgan fingerprint density at radius 1 is 1.19 bits per heavy atom. The molecule has 0 amide bonds. The van der Waals surface area contributed by atoms with Crippen molar-refractivity contribution >= 4 is 23.4 Å². The highest BCUT2D eigenvalue weighted by Crippen LogP contribution is 2.26. The van der Waals surface area contributed by atoms with Gasteiger partial charge >= 0.3 is 0 Å². The van der Waals surface area contributed by atoms with Gasteiger partial charge in [-0.3, -0.25) is 9.67 Å². The Labute approximate surface area is 130 Å². The molecule has 0 aromatic carbocycles. The molecule has 3 aromatic rings. The minimum absolute atomic E-state index is 0. The summed E-state index contributed by atoms with van der Waals surface area (Å²) in [4.78, 5) is 9.11. The van der Waals surface area contributed by atoms with Crippen LogP contribution >= 0.6 is 12.4 Å². The van der Waals surface area contributed by atoms with Gasteiger partial charge in [0.2, 0.25) is 0 Å². The van der Waals surface area contributed by atoms with Gasteiger partial charge in [-0.05, 0) is 51.5 Å². The number of aryl methyl sites for hydroxylation is 1. The van der Waals surface area contributed by atoms with Gasteiger partial charge in [-0.25, -0.2) is 4.98 Å². The van der Waals surface area contributed by atoms with Crippen LogP contribution in [0.2, 0.25) is 0 Å². The number of hydrogen-bond donors (Lipinski definition) is 0. The van der Waals surface area contributed by atoms with Crippen molar-refractivity contribution in [3.05, 3.63) is 41.9 Å². The third kappa shape index (κ3) is 2.63. The van der Waals surface area contributed by atoms with E-state index >= 15 is 0 Å². The van der Waals surface area contributed by atoms with E-state index < -0.39 is 0 Å². The van der Waals surface area contributed by atoms with E-state index in [0.717, 1.165) is 33.5 Å². The van der Waals surface area contributed by atoms with E-state index in [-0.39, 0.29) is 12.4 Å². The molecule has 0 unspecified atom stereocenters. The van der Waals surface area contributed by atoms with Crippen molar-refractivity contribution in [1.29, 1.82) is 0 Å². The molecule has 0 atom stereocenters. The molecule has 0 radical (unpaired) electrons. The molecule has 0 spiro atoms. The largest absolute Gasteiger partial charge is 0.267 e. The van der Waals surface area contributed by atoms with Crippen LogP contribution < -0.4 is 0 Å². The first-order chi connectivity index (χ1) is 9.58. The second-order valence-corrected chi connectivity index (χ2v) is 5.38. The second kappa shape index (κ2) is 5.82. The van der Waals surface area contributed by atoms with Gasteiger partial charge in [0.1, 0.15) is 0 Å². The quantitative estimate of drug-likeness (QED) is 0.715. The normalized spacial score (nSPS) is 10.9. The minimum atomic E-state index is 0. The Morgan fingerprint density at radius 2 is 1.95 bits per heavy atom. The maximum atomic E-state index is 4.72. The summed E-state index contributed by atoms with van der Waals surface area (Å²) in [7, 11) is 0. The first-order valence-electron chi connectivity index (χ1n) is 6.85. The molecule has 0 fully saturated rings. The van der Waals surface area contributed by atoms with Crippen LogP contribution in [0.15, 0.2) is 30.6 Å². The third-order valence-corrected chi connectivity index (χ3v) is 3.56. The van der Waals surface area contributed by atoms with Crippen molar-refractivity contribution in [1.82, 2.24) is 19.7 Å². The van der Waals surface area contributed by atoms with Crippen molar-refractivity contribution in [2.45, 2.75) is 33.7 Å². The van der Waals surface area contributed by atoms with Gasteiger partial charge in [0.15, 0.2) is 0 Å². The Hall–Kier alpha value is -1.94. The highest BCUT2D eigenvalue weighted by atomic mass is 35.5. The number of aromatic nitrogens is 4. The standard InChI is InChI=1S/C16H18N4.ClH/c1-10(2)20-12(4)13(9-18-20)15-8-11(3)16-14(19-15)6-5-7-17-16;/h5-10H,1-4H3;1H. The van der Waals surface area contributed by atoms with E-state index in [1.807, 2.05) is 23.0 Å². The van der Waals surface area contributed by atoms with Crippen molar-refractivity contribution in [3.8, 4) is 11.3 Å². The average Bonchev–Trinajstić information content (AvgIpc) is 2.80. The van der Waals surface area contributed by atoms with Gasteiger partial charge in [0, 0.05) is 23.5 Å². The van der Waals surface area contributed by atoms with Gasteiger partial charge < -0.3 is 0 Å². The van der Waals surface area contributed by atoms with Gasteiger partial charge in [0.25, 0.3) is 0 Å². The van der Waals surface area contributed by atoms with Crippen molar-refractivity contribution in [2.75, 3.05) is 0 Å². The van der Waals surface area contributed by atoms with Crippen LogP contribution in [0.3, 0.4) is 0 Å². The Morgan fingerprint density at radius 3 is 2.62 bits per heavy atom. The highest BCUT2D eigenvalue weighted by molar-refractivity contribution is 5.85. The fourth-order valence-electron chi connectivity index (χ4n) is 2.56. The number of pyridine rings is 2. The molecule has 3 heterocycles. The molecule has 5 heteroatoms. The topological polar surface area (TPSA) is 43.6 Å².